The number of hydrogen-bond donors (Lipinski definition) is 1. The summed E-state index contributed by atoms with van der Waals surface area (Å²) in [6, 6.07) is 8.41. The molecule has 1 amide bonds. The molecule has 1 aromatic heterocycles. The van der Waals surface area contributed by atoms with Gasteiger partial charge in [-0.2, -0.15) is 4.31 Å². The van der Waals surface area contributed by atoms with Crippen LogP contribution in [0.3, 0.4) is 0 Å². The molecule has 2 aromatic rings. The number of fused-ring (bicyclic) bond motifs is 1. The molecule has 1 aromatic carbocycles. The molecule has 8 nitrogen and oxygen atoms in total. The number of pyridine rings is 1. The zero-order chi connectivity index (χ0) is 22.3. The van der Waals surface area contributed by atoms with E-state index < -0.39 is 15.8 Å². The molecule has 10 heteroatoms. The number of sulfonamides is 1. The average Bonchev–Trinajstić information content (AvgIpc) is 3.39. The lowest BCUT2D eigenvalue weighted by atomic mass is 9.97. The first-order valence-corrected chi connectivity index (χ1v) is 12.6. The number of carbonyl (C=O) groups is 1. The van der Waals surface area contributed by atoms with Crippen LogP contribution in [0.5, 0.6) is 11.5 Å². The molecule has 1 saturated heterocycles. The van der Waals surface area contributed by atoms with Gasteiger partial charge in [-0.25, -0.2) is 13.4 Å². The number of nitrogens with zero attached hydrogens (tertiary/aromatic N) is 2. The first kappa shape index (κ1) is 21.5. The fourth-order valence-electron chi connectivity index (χ4n) is 4.59. The van der Waals surface area contributed by atoms with E-state index in [2.05, 4.69) is 10.3 Å². The van der Waals surface area contributed by atoms with E-state index in [0.717, 1.165) is 25.7 Å². The van der Waals surface area contributed by atoms with Gasteiger partial charge in [0.05, 0.1) is 0 Å². The standard InChI is InChI=1S/C22H24ClN3O5S/c23-20-19(4-3-11-24-20)32(28,29)26-12-7-15(8-13-26)21(27)25-16-5-6-17-18(14-16)31-22(30-17)9-1-2-10-22/h3-6,11,14-15H,1-2,7-10,12-13H2,(H,25,27). The van der Waals surface area contributed by atoms with Crippen LogP contribution in [0.15, 0.2) is 41.4 Å². The highest BCUT2D eigenvalue weighted by atomic mass is 35.5. The molecule has 3 aliphatic rings. The number of rotatable bonds is 4. The third kappa shape index (κ3) is 3.93. The van der Waals surface area contributed by atoms with E-state index in [0.29, 0.717) is 30.0 Å². The van der Waals surface area contributed by atoms with Crippen LogP contribution in [0.2, 0.25) is 5.15 Å². The Labute approximate surface area is 191 Å². The number of amides is 1. The molecular formula is C22H24ClN3O5S. The van der Waals surface area contributed by atoms with Crippen LogP contribution in [0.25, 0.3) is 0 Å². The lowest BCUT2D eigenvalue weighted by Gasteiger charge is -2.30. The van der Waals surface area contributed by atoms with Gasteiger partial charge in [0, 0.05) is 49.8 Å². The maximum Gasteiger partial charge on any atom is 0.251 e. The molecule has 0 unspecified atom stereocenters. The third-order valence-corrected chi connectivity index (χ3v) is 8.68. The van der Waals surface area contributed by atoms with Crippen molar-refractivity contribution in [2.24, 2.45) is 5.92 Å². The Balaban J connectivity index is 1.20. The SMILES string of the molecule is O=C(Nc1ccc2c(c1)OC1(CCCC1)O2)C1CCN(S(=O)(=O)c2cccnc2Cl)CC1. The molecule has 1 aliphatic carbocycles. The van der Waals surface area contributed by atoms with Crippen molar-refractivity contribution in [2.75, 3.05) is 18.4 Å². The van der Waals surface area contributed by atoms with Gasteiger partial charge in [0.2, 0.25) is 15.9 Å². The minimum Gasteiger partial charge on any atom is -0.448 e. The Kier molecular flexibility index (Phi) is 5.51. The molecule has 0 radical (unpaired) electrons. The van der Waals surface area contributed by atoms with Crippen LogP contribution < -0.4 is 14.8 Å². The summed E-state index contributed by atoms with van der Waals surface area (Å²) in [5, 5.41) is 2.89. The molecule has 0 bridgehead atoms. The van der Waals surface area contributed by atoms with Gasteiger partial charge in [-0.1, -0.05) is 11.6 Å². The molecule has 1 saturated carbocycles. The number of nitrogens with one attached hydrogen (secondary N) is 1. The second-order valence-electron chi connectivity index (χ2n) is 8.44. The van der Waals surface area contributed by atoms with Crippen molar-refractivity contribution in [1.82, 2.24) is 9.29 Å². The van der Waals surface area contributed by atoms with E-state index >= 15 is 0 Å². The quantitative estimate of drug-likeness (QED) is 0.672. The van der Waals surface area contributed by atoms with Gasteiger partial charge in [-0.05, 0) is 49.9 Å². The van der Waals surface area contributed by atoms with Crippen LogP contribution in [0.1, 0.15) is 38.5 Å². The largest absolute Gasteiger partial charge is 0.448 e. The molecule has 2 fully saturated rings. The van der Waals surface area contributed by atoms with Crippen molar-refractivity contribution < 1.29 is 22.7 Å². The normalized spacial score (nSPS) is 20.5. The highest BCUT2D eigenvalue weighted by molar-refractivity contribution is 7.89. The van der Waals surface area contributed by atoms with Crippen LogP contribution in [0, 0.1) is 5.92 Å². The zero-order valence-electron chi connectivity index (χ0n) is 17.4. The summed E-state index contributed by atoms with van der Waals surface area (Å²) < 4.78 is 39.2. The summed E-state index contributed by atoms with van der Waals surface area (Å²) in [5.74, 6) is 0.408. The summed E-state index contributed by atoms with van der Waals surface area (Å²) in [7, 11) is -3.74. The lowest BCUT2D eigenvalue weighted by Crippen LogP contribution is -2.41. The molecule has 170 valence electrons. The van der Waals surface area contributed by atoms with E-state index in [4.69, 9.17) is 21.1 Å². The van der Waals surface area contributed by atoms with Gasteiger partial charge >= 0.3 is 0 Å². The Morgan fingerprint density at radius 2 is 1.84 bits per heavy atom. The predicted molar refractivity (Wildman–Crippen MR) is 118 cm³/mol. The van der Waals surface area contributed by atoms with Gasteiger partial charge in [0.15, 0.2) is 11.5 Å². The van der Waals surface area contributed by atoms with Crippen LogP contribution >= 0.6 is 11.6 Å². The predicted octanol–water partition coefficient (Wildman–Crippen LogP) is 3.82. The number of hydrogen-bond acceptors (Lipinski definition) is 6. The Morgan fingerprint density at radius 1 is 1.12 bits per heavy atom. The van der Waals surface area contributed by atoms with Crippen LogP contribution in [-0.2, 0) is 14.8 Å². The maximum atomic E-state index is 12.9. The van der Waals surface area contributed by atoms with Crippen molar-refractivity contribution in [2.45, 2.75) is 49.2 Å². The second kappa shape index (κ2) is 8.20. The van der Waals surface area contributed by atoms with E-state index in [1.165, 1.54) is 16.6 Å². The van der Waals surface area contributed by atoms with Gasteiger partial charge in [-0.15, -0.1) is 0 Å². The number of carbonyl (C=O) groups excluding carboxylic acids is 1. The Bertz CT molecular complexity index is 1140. The van der Waals surface area contributed by atoms with Crippen molar-refractivity contribution in [1.29, 1.82) is 0 Å². The number of aromatic nitrogens is 1. The molecule has 32 heavy (non-hydrogen) atoms. The highest BCUT2D eigenvalue weighted by Gasteiger charge is 2.44. The molecule has 1 N–H and O–H groups in total. The summed E-state index contributed by atoms with van der Waals surface area (Å²) in [4.78, 5) is 16.7. The van der Waals surface area contributed by atoms with E-state index in [9.17, 15) is 13.2 Å². The van der Waals surface area contributed by atoms with E-state index in [-0.39, 0.29) is 35.0 Å². The van der Waals surface area contributed by atoms with E-state index in [1.807, 2.05) is 6.07 Å². The minimum atomic E-state index is -3.74. The maximum absolute atomic E-state index is 12.9. The molecule has 5 rings (SSSR count). The monoisotopic (exact) mass is 477 g/mol. The molecule has 0 atom stereocenters. The zero-order valence-corrected chi connectivity index (χ0v) is 19.0. The van der Waals surface area contributed by atoms with Gasteiger partial charge in [-0.3, -0.25) is 4.79 Å². The first-order chi connectivity index (χ1) is 15.4. The van der Waals surface area contributed by atoms with Gasteiger partial charge in [0.1, 0.15) is 10.0 Å². The minimum absolute atomic E-state index is 0.00929. The summed E-state index contributed by atoms with van der Waals surface area (Å²) in [5.41, 5.74) is 0.643. The number of piperidine rings is 1. The molecular weight excluding hydrogens is 454 g/mol. The van der Waals surface area contributed by atoms with Gasteiger partial charge in [0.25, 0.3) is 5.79 Å². The van der Waals surface area contributed by atoms with E-state index in [1.54, 1.807) is 18.2 Å². The average molecular weight is 478 g/mol. The summed E-state index contributed by atoms with van der Waals surface area (Å²) in [6.07, 6.45) is 6.21. The van der Waals surface area contributed by atoms with Gasteiger partial charge < -0.3 is 14.8 Å². The fraction of sp³-hybridized carbons (Fsp3) is 0.455. The summed E-state index contributed by atoms with van der Waals surface area (Å²) >= 11 is 5.98. The molecule has 1 spiro atoms. The summed E-state index contributed by atoms with van der Waals surface area (Å²) in [6.45, 7) is 0.491. The highest BCUT2D eigenvalue weighted by Crippen LogP contribution is 2.47. The number of anilines is 1. The lowest BCUT2D eigenvalue weighted by molar-refractivity contribution is -0.120. The van der Waals surface area contributed by atoms with Crippen molar-refractivity contribution in [3.8, 4) is 11.5 Å². The number of benzene rings is 1. The Morgan fingerprint density at radius 3 is 2.56 bits per heavy atom. The number of ether oxygens (including phenoxy) is 2. The first-order valence-electron chi connectivity index (χ1n) is 10.8. The Hall–Kier alpha value is -2.36. The van der Waals surface area contributed by atoms with Crippen molar-refractivity contribution >= 4 is 33.2 Å². The van der Waals surface area contributed by atoms with Crippen LogP contribution in [-0.4, -0.2) is 42.5 Å². The molecule has 2 aliphatic heterocycles. The van der Waals surface area contributed by atoms with Crippen molar-refractivity contribution in [3.05, 3.63) is 41.7 Å². The fourth-order valence-corrected chi connectivity index (χ4v) is 6.49. The topological polar surface area (TPSA) is 97.8 Å². The third-order valence-electron chi connectivity index (χ3n) is 6.34. The van der Waals surface area contributed by atoms with Crippen molar-refractivity contribution in [3.63, 3.8) is 0 Å². The molecule has 3 heterocycles. The smallest absolute Gasteiger partial charge is 0.251 e. The van der Waals surface area contributed by atoms with Crippen LogP contribution in [0.4, 0.5) is 5.69 Å². The number of halogens is 1. The second-order valence-corrected chi connectivity index (χ2v) is 10.7.